The molecule has 1 heterocycles. The maximum Gasteiger partial charge on any atom is 0.417 e. The molecule has 1 aromatic heterocycles. The van der Waals surface area contributed by atoms with Crippen LogP contribution in [0.2, 0.25) is 0 Å². The van der Waals surface area contributed by atoms with Crippen molar-refractivity contribution in [2.24, 2.45) is 0 Å². The third-order valence-corrected chi connectivity index (χ3v) is 4.91. The molecular weight excluding hydrogens is 409 g/mol. The molecule has 3 aromatic rings. The number of benzene rings is 2. The fraction of sp³-hybridized carbons (Fsp3) is 0.174. The fourth-order valence-electron chi connectivity index (χ4n) is 3.29. The number of rotatable bonds is 5. The molecule has 0 amide bonds. The smallest absolute Gasteiger partial charge is 0.392 e. The molecule has 31 heavy (non-hydrogen) atoms. The third-order valence-electron chi connectivity index (χ3n) is 4.91. The highest BCUT2D eigenvalue weighted by Crippen LogP contribution is 2.34. The monoisotopic (exact) mass is 426 g/mol. The van der Waals surface area contributed by atoms with Gasteiger partial charge in [-0.25, -0.2) is 0 Å². The lowest BCUT2D eigenvalue weighted by atomic mass is 10.0. The minimum absolute atomic E-state index is 0.0572. The first-order valence-corrected chi connectivity index (χ1v) is 9.19. The maximum absolute atomic E-state index is 13.6. The van der Waals surface area contributed by atoms with Crippen molar-refractivity contribution in [2.45, 2.75) is 26.3 Å². The second-order valence-electron chi connectivity index (χ2n) is 6.99. The SMILES string of the molecule is Cc1ccc(Cn2c(-c3ccc(CO)cc3)cc(C(F)(F)F)c(C#N)c2=O)c(C=O)c1. The van der Waals surface area contributed by atoms with E-state index in [0.29, 0.717) is 28.5 Å². The van der Waals surface area contributed by atoms with E-state index in [1.54, 1.807) is 25.1 Å². The summed E-state index contributed by atoms with van der Waals surface area (Å²) in [5, 5.41) is 18.5. The maximum atomic E-state index is 13.6. The molecule has 0 spiro atoms. The van der Waals surface area contributed by atoms with Crippen molar-refractivity contribution in [3.63, 3.8) is 0 Å². The number of nitrogens with zero attached hydrogens (tertiary/aromatic N) is 2. The zero-order chi connectivity index (χ0) is 22.8. The topological polar surface area (TPSA) is 83.1 Å². The van der Waals surface area contributed by atoms with Gasteiger partial charge in [-0.1, -0.05) is 42.0 Å². The summed E-state index contributed by atoms with van der Waals surface area (Å²) in [6, 6.07) is 13.1. The molecular formula is C23H17F3N2O3. The summed E-state index contributed by atoms with van der Waals surface area (Å²) >= 11 is 0. The van der Waals surface area contributed by atoms with Crippen LogP contribution in [0.4, 0.5) is 13.2 Å². The quantitative estimate of drug-likeness (QED) is 0.624. The van der Waals surface area contributed by atoms with E-state index in [1.165, 1.54) is 30.3 Å². The number of hydrogen-bond donors (Lipinski definition) is 1. The Hall–Kier alpha value is -3.70. The van der Waals surface area contributed by atoms with Gasteiger partial charge in [0.2, 0.25) is 0 Å². The van der Waals surface area contributed by atoms with E-state index in [4.69, 9.17) is 0 Å². The molecule has 2 aromatic carbocycles. The summed E-state index contributed by atoms with van der Waals surface area (Å²) in [5.41, 5.74) is -1.11. The van der Waals surface area contributed by atoms with Gasteiger partial charge >= 0.3 is 6.18 Å². The Labute approximate surface area is 175 Å². The first-order valence-electron chi connectivity index (χ1n) is 9.19. The molecule has 1 N–H and O–H groups in total. The molecule has 0 bridgehead atoms. The van der Waals surface area contributed by atoms with Crippen LogP contribution in [0.25, 0.3) is 11.3 Å². The van der Waals surface area contributed by atoms with Gasteiger partial charge in [-0.2, -0.15) is 18.4 Å². The van der Waals surface area contributed by atoms with Crippen LogP contribution in [0.15, 0.2) is 53.3 Å². The summed E-state index contributed by atoms with van der Waals surface area (Å²) in [6.07, 6.45) is -4.29. The number of aryl methyl sites for hydroxylation is 1. The lowest BCUT2D eigenvalue weighted by molar-refractivity contribution is -0.137. The van der Waals surface area contributed by atoms with Crippen molar-refractivity contribution in [3.8, 4) is 17.3 Å². The number of halogens is 3. The number of nitriles is 1. The summed E-state index contributed by atoms with van der Waals surface area (Å²) < 4.78 is 41.8. The fourth-order valence-corrected chi connectivity index (χ4v) is 3.29. The zero-order valence-electron chi connectivity index (χ0n) is 16.4. The highest BCUT2D eigenvalue weighted by atomic mass is 19.4. The molecule has 5 nitrogen and oxygen atoms in total. The number of hydrogen-bond acceptors (Lipinski definition) is 4. The Morgan fingerprint density at radius 2 is 1.81 bits per heavy atom. The molecule has 158 valence electrons. The Morgan fingerprint density at radius 3 is 2.35 bits per heavy atom. The molecule has 0 unspecified atom stereocenters. The minimum atomic E-state index is -4.90. The number of pyridine rings is 1. The van der Waals surface area contributed by atoms with Crippen LogP contribution in [0.3, 0.4) is 0 Å². The Balaban J connectivity index is 2.31. The average Bonchev–Trinajstić information content (AvgIpc) is 2.75. The van der Waals surface area contributed by atoms with Crippen molar-refractivity contribution in [1.82, 2.24) is 4.57 Å². The highest BCUT2D eigenvalue weighted by Gasteiger charge is 2.36. The largest absolute Gasteiger partial charge is 0.417 e. The third kappa shape index (κ3) is 4.42. The van der Waals surface area contributed by atoms with Crippen molar-refractivity contribution >= 4 is 6.29 Å². The molecule has 0 atom stereocenters. The first-order chi connectivity index (χ1) is 14.7. The van der Waals surface area contributed by atoms with E-state index < -0.39 is 22.9 Å². The number of aromatic nitrogens is 1. The molecule has 8 heteroatoms. The molecule has 0 aliphatic rings. The minimum Gasteiger partial charge on any atom is -0.392 e. The van der Waals surface area contributed by atoms with E-state index in [2.05, 4.69) is 0 Å². The van der Waals surface area contributed by atoms with Gasteiger partial charge in [0.1, 0.15) is 17.9 Å². The highest BCUT2D eigenvalue weighted by molar-refractivity contribution is 5.77. The molecule has 0 saturated heterocycles. The van der Waals surface area contributed by atoms with Gasteiger partial charge in [-0.15, -0.1) is 0 Å². The standard InChI is InChI=1S/C23H17F3N2O3/c1-14-2-5-17(18(8-14)13-30)11-28-21(16-6-3-15(12-29)4-7-16)9-20(23(24,25)26)19(10-27)22(28)31/h2-9,13,29H,11-12H2,1H3. The van der Waals surface area contributed by atoms with Crippen LogP contribution in [0.5, 0.6) is 0 Å². The van der Waals surface area contributed by atoms with Crippen LogP contribution in [-0.2, 0) is 19.3 Å². The Bertz CT molecular complexity index is 1240. The number of aliphatic hydroxyl groups is 1. The summed E-state index contributed by atoms with van der Waals surface area (Å²) in [6.45, 7) is 1.33. The van der Waals surface area contributed by atoms with Gasteiger partial charge in [0.15, 0.2) is 0 Å². The van der Waals surface area contributed by atoms with Gasteiger partial charge in [0, 0.05) is 5.56 Å². The van der Waals surface area contributed by atoms with E-state index >= 15 is 0 Å². The van der Waals surface area contributed by atoms with Crippen molar-refractivity contribution in [1.29, 1.82) is 5.26 Å². The Morgan fingerprint density at radius 1 is 1.13 bits per heavy atom. The van der Waals surface area contributed by atoms with E-state index in [-0.39, 0.29) is 18.8 Å². The second kappa shape index (κ2) is 8.58. The number of alkyl halides is 3. The zero-order valence-corrected chi connectivity index (χ0v) is 16.4. The second-order valence-corrected chi connectivity index (χ2v) is 6.99. The summed E-state index contributed by atoms with van der Waals surface area (Å²) in [4.78, 5) is 24.4. The van der Waals surface area contributed by atoms with Gasteiger partial charge < -0.3 is 9.67 Å². The molecule has 0 aliphatic carbocycles. The predicted molar refractivity (Wildman–Crippen MR) is 107 cm³/mol. The van der Waals surface area contributed by atoms with Gasteiger partial charge in [0.05, 0.1) is 24.4 Å². The van der Waals surface area contributed by atoms with Gasteiger partial charge in [-0.3, -0.25) is 9.59 Å². The van der Waals surface area contributed by atoms with Crippen LogP contribution >= 0.6 is 0 Å². The van der Waals surface area contributed by atoms with Crippen molar-refractivity contribution in [2.75, 3.05) is 0 Å². The number of carbonyl (C=O) groups is 1. The predicted octanol–water partition coefficient (Wildman–Crippen LogP) is 4.07. The van der Waals surface area contributed by atoms with E-state index in [9.17, 15) is 33.1 Å². The average molecular weight is 426 g/mol. The van der Waals surface area contributed by atoms with Crippen molar-refractivity contribution in [3.05, 3.63) is 92.3 Å². The normalized spacial score (nSPS) is 11.2. The van der Waals surface area contributed by atoms with E-state index in [1.807, 2.05) is 0 Å². The van der Waals surface area contributed by atoms with Crippen LogP contribution in [-0.4, -0.2) is 16.0 Å². The molecule has 0 aliphatic heterocycles. The van der Waals surface area contributed by atoms with Crippen LogP contribution in [0.1, 0.15) is 38.2 Å². The molecule has 0 fully saturated rings. The van der Waals surface area contributed by atoms with Crippen molar-refractivity contribution < 1.29 is 23.1 Å². The van der Waals surface area contributed by atoms with Crippen LogP contribution < -0.4 is 5.56 Å². The molecule has 0 saturated carbocycles. The summed E-state index contributed by atoms with van der Waals surface area (Å²) in [7, 11) is 0. The number of carbonyl (C=O) groups excluding carboxylic acids is 1. The van der Waals surface area contributed by atoms with Gasteiger partial charge in [0.25, 0.3) is 5.56 Å². The lowest BCUT2D eigenvalue weighted by Gasteiger charge is -2.18. The lowest BCUT2D eigenvalue weighted by Crippen LogP contribution is -2.29. The number of aldehydes is 1. The van der Waals surface area contributed by atoms with Crippen LogP contribution in [0, 0.1) is 18.3 Å². The molecule has 3 rings (SSSR count). The van der Waals surface area contributed by atoms with Gasteiger partial charge in [-0.05, 0) is 35.7 Å². The first kappa shape index (κ1) is 22.0. The Kier molecular flexibility index (Phi) is 6.09. The number of aliphatic hydroxyl groups excluding tert-OH is 1. The van der Waals surface area contributed by atoms with E-state index in [0.717, 1.165) is 16.2 Å². The summed E-state index contributed by atoms with van der Waals surface area (Å²) in [5.74, 6) is 0. The molecule has 0 radical (unpaired) electrons.